The van der Waals surface area contributed by atoms with Crippen molar-refractivity contribution in [2.45, 2.75) is 19.3 Å². The summed E-state index contributed by atoms with van der Waals surface area (Å²) >= 11 is 0. The predicted octanol–water partition coefficient (Wildman–Crippen LogP) is 13.8. The Hall–Kier alpha value is -7.63. The van der Waals surface area contributed by atoms with Crippen molar-refractivity contribution in [3.8, 4) is 62.1 Å². The summed E-state index contributed by atoms with van der Waals surface area (Å²) in [5.41, 5.74) is 14.8. The molecule has 278 valence electrons. The third-order valence-electron chi connectivity index (χ3n) is 12.2. The van der Waals surface area contributed by atoms with Crippen LogP contribution >= 0.6 is 0 Å². The molecule has 5 heteroatoms. The Morgan fingerprint density at radius 1 is 0.458 bits per heavy atom. The average Bonchev–Trinajstić information content (AvgIpc) is 3.92. The predicted molar refractivity (Wildman–Crippen MR) is 241 cm³/mol. The maximum atomic E-state index is 7.20. The molecule has 8 aromatic carbocycles. The highest BCUT2D eigenvalue weighted by Gasteiger charge is 2.38. The number of aromatic nitrogens is 4. The number of rotatable bonds is 5. The molecule has 3 aromatic heterocycles. The van der Waals surface area contributed by atoms with Gasteiger partial charge in [-0.1, -0.05) is 172 Å². The second-order valence-electron chi connectivity index (χ2n) is 16.0. The van der Waals surface area contributed by atoms with Crippen molar-refractivity contribution in [2.24, 2.45) is 0 Å². The highest BCUT2D eigenvalue weighted by atomic mass is 16.3. The SMILES string of the molecule is CC1(C)c2ccccc2-c2ccc3c4ccccc4n(-c4cccc5c4oc4cc(-c6ccccc6)cc(-c6nc(-c7ccccc7)nc(-c7ccccc7)n6)c45)c3c21. The molecular weight excluding hydrogens is 721 g/mol. The monoisotopic (exact) mass is 756 g/mol. The van der Waals surface area contributed by atoms with E-state index in [2.05, 4.69) is 134 Å². The minimum atomic E-state index is -0.220. The van der Waals surface area contributed by atoms with Gasteiger partial charge in [0.1, 0.15) is 5.58 Å². The fourth-order valence-electron chi connectivity index (χ4n) is 9.55. The number of hydrogen-bond donors (Lipinski definition) is 0. The molecule has 0 unspecified atom stereocenters. The van der Waals surface area contributed by atoms with Gasteiger partial charge in [0.2, 0.25) is 0 Å². The smallest absolute Gasteiger partial charge is 0.164 e. The molecule has 0 saturated carbocycles. The highest BCUT2D eigenvalue weighted by molar-refractivity contribution is 6.17. The van der Waals surface area contributed by atoms with Gasteiger partial charge in [-0.25, -0.2) is 15.0 Å². The Labute approximate surface area is 340 Å². The molecule has 3 heterocycles. The van der Waals surface area contributed by atoms with E-state index in [0.29, 0.717) is 17.5 Å². The van der Waals surface area contributed by atoms with Crippen molar-refractivity contribution < 1.29 is 4.42 Å². The zero-order chi connectivity index (χ0) is 39.2. The average molecular weight is 757 g/mol. The quantitative estimate of drug-likeness (QED) is 0.175. The number of nitrogens with zero attached hydrogens (tertiary/aromatic N) is 4. The van der Waals surface area contributed by atoms with E-state index in [4.69, 9.17) is 19.4 Å². The molecule has 0 bridgehead atoms. The van der Waals surface area contributed by atoms with E-state index in [-0.39, 0.29) is 5.41 Å². The first kappa shape index (κ1) is 33.5. The van der Waals surface area contributed by atoms with E-state index in [9.17, 15) is 0 Å². The van der Waals surface area contributed by atoms with Crippen LogP contribution in [0, 0.1) is 0 Å². The first-order valence-corrected chi connectivity index (χ1v) is 20.1. The molecular formula is C54H36N4O. The lowest BCUT2D eigenvalue weighted by molar-refractivity contribution is 0.660. The fourth-order valence-corrected chi connectivity index (χ4v) is 9.55. The molecule has 11 aromatic rings. The Morgan fingerprint density at radius 2 is 1.07 bits per heavy atom. The van der Waals surface area contributed by atoms with Crippen molar-refractivity contribution >= 4 is 43.7 Å². The van der Waals surface area contributed by atoms with Gasteiger partial charge in [0.25, 0.3) is 0 Å². The number of hydrogen-bond acceptors (Lipinski definition) is 4. The van der Waals surface area contributed by atoms with Crippen molar-refractivity contribution in [2.75, 3.05) is 0 Å². The Bertz CT molecular complexity index is 3400. The van der Waals surface area contributed by atoms with Gasteiger partial charge in [-0.05, 0) is 57.6 Å². The second kappa shape index (κ2) is 12.7. The summed E-state index contributed by atoms with van der Waals surface area (Å²) in [5, 5.41) is 4.40. The van der Waals surface area contributed by atoms with Crippen molar-refractivity contribution in [3.05, 3.63) is 193 Å². The first-order chi connectivity index (χ1) is 29.0. The largest absolute Gasteiger partial charge is 0.454 e. The third-order valence-corrected chi connectivity index (χ3v) is 12.2. The number of para-hydroxylation sites is 2. The molecule has 0 spiro atoms. The minimum Gasteiger partial charge on any atom is -0.454 e. The van der Waals surface area contributed by atoms with Gasteiger partial charge in [0.15, 0.2) is 23.1 Å². The van der Waals surface area contributed by atoms with Gasteiger partial charge in [-0.3, -0.25) is 0 Å². The molecule has 5 nitrogen and oxygen atoms in total. The molecule has 0 saturated heterocycles. The normalized spacial score (nSPS) is 13.1. The second-order valence-corrected chi connectivity index (χ2v) is 16.0. The Kier molecular flexibility index (Phi) is 7.20. The van der Waals surface area contributed by atoms with Crippen LogP contribution in [-0.4, -0.2) is 19.5 Å². The number of benzene rings is 8. The third kappa shape index (κ3) is 5.01. The van der Waals surface area contributed by atoms with Crippen LogP contribution in [0.3, 0.4) is 0 Å². The van der Waals surface area contributed by atoms with E-state index in [1.807, 2.05) is 66.7 Å². The van der Waals surface area contributed by atoms with E-state index in [1.54, 1.807) is 0 Å². The molecule has 0 aliphatic heterocycles. The van der Waals surface area contributed by atoms with Gasteiger partial charge in [-0.2, -0.15) is 0 Å². The minimum absolute atomic E-state index is 0.220. The van der Waals surface area contributed by atoms with Crippen LogP contribution in [-0.2, 0) is 5.41 Å². The van der Waals surface area contributed by atoms with Crippen LogP contribution in [0.4, 0.5) is 0 Å². The molecule has 1 aliphatic rings. The Balaban J connectivity index is 1.18. The molecule has 1 aliphatic carbocycles. The van der Waals surface area contributed by atoms with Gasteiger partial charge >= 0.3 is 0 Å². The maximum Gasteiger partial charge on any atom is 0.164 e. The molecule has 59 heavy (non-hydrogen) atoms. The zero-order valence-corrected chi connectivity index (χ0v) is 32.5. The van der Waals surface area contributed by atoms with Crippen molar-refractivity contribution in [3.63, 3.8) is 0 Å². The summed E-state index contributed by atoms with van der Waals surface area (Å²) in [6.45, 7) is 4.72. The summed E-state index contributed by atoms with van der Waals surface area (Å²) in [6, 6.07) is 63.9. The summed E-state index contributed by atoms with van der Waals surface area (Å²) in [4.78, 5) is 15.5. The maximum absolute atomic E-state index is 7.20. The summed E-state index contributed by atoms with van der Waals surface area (Å²) in [5.74, 6) is 1.82. The lowest BCUT2D eigenvalue weighted by Crippen LogP contribution is -2.16. The van der Waals surface area contributed by atoms with Crippen molar-refractivity contribution in [1.29, 1.82) is 0 Å². The van der Waals surface area contributed by atoms with Gasteiger partial charge < -0.3 is 8.98 Å². The molecule has 0 N–H and O–H groups in total. The summed E-state index contributed by atoms with van der Waals surface area (Å²) in [7, 11) is 0. The highest BCUT2D eigenvalue weighted by Crippen LogP contribution is 2.53. The molecule has 0 atom stereocenters. The van der Waals surface area contributed by atoms with Crippen LogP contribution < -0.4 is 0 Å². The van der Waals surface area contributed by atoms with Gasteiger partial charge in [0.05, 0.1) is 16.7 Å². The molecule has 0 radical (unpaired) electrons. The van der Waals surface area contributed by atoms with Crippen LogP contribution in [0.5, 0.6) is 0 Å². The van der Waals surface area contributed by atoms with Gasteiger partial charge in [-0.15, -0.1) is 0 Å². The van der Waals surface area contributed by atoms with Crippen molar-refractivity contribution in [1.82, 2.24) is 19.5 Å². The molecule has 12 rings (SSSR count). The zero-order valence-electron chi connectivity index (χ0n) is 32.5. The number of fused-ring (bicyclic) bond motifs is 10. The lowest BCUT2D eigenvalue weighted by Gasteiger charge is -2.23. The van der Waals surface area contributed by atoms with Gasteiger partial charge in [0, 0.05) is 43.7 Å². The van der Waals surface area contributed by atoms with Crippen LogP contribution in [0.15, 0.2) is 186 Å². The lowest BCUT2D eigenvalue weighted by atomic mass is 9.81. The topological polar surface area (TPSA) is 56.7 Å². The fraction of sp³-hybridized carbons (Fsp3) is 0.0556. The Morgan fingerprint density at radius 3 is 1.80 bits per heavy atom. The first-order valence-electron chi connectivity index (χ1n) is 20.1. The van der Waals surface area contributed by atoms with E-state index >= 15 is 0 Å². The van der Waals surface area contributed by atoms with E-state index < -0.39 is 0 Å². The molecule has 0 amide bonds. The number of furan rings is 1. The summed E-state index contributed by atoms with van der Waals surface area (Å²) < 4.78 is 9.65. The molecule has 0 fully saturated rings. The van der Waals surface area contributed by atoms with Crippen LogP contribution in [0.25, 0.3) is 106 Å². The van der Waals surface area contributed by atoms with Crippen LogP contribution in [0.2, 0.25) is 0 Å². The standard InChI is InChI=1S/C54H36N4O/c1-54(2)43-26-14-12-23-37(43)39-29-30-40-38-24-13-15-27-44(38)58(49(40)48(39)54)45-28-16-25-41-47-42(31-36(32-46(47)59-50(41)45)33-17-6-3-7-18-33)53-56-51(34-19-8-4-9-20-34)55-52(57-53)35-21-10-5-11-22-35/h3-32H,1-2H3. The van der Waals surface area contributed by atoms with E-state index in [1.165, 1.54) is 38.5 Å². The van der Waals surface area contributed by atoms with E-state index in [0.717, 1.165) is 61.0 Å². The summed E-state index contributed by atoms with van der Waals surface area (Å²) in [6.07, 6.45) is 0. The van der Waals surface area contributed by atoms with Crippen LogP contribution in [0.1, 0.15) is 25.0 Å².